The zero-order valence-electron chi connectivity index (χ0n) is 14.1. The molecule has 3 atom stereocenters. The summed E-state index contributed by atoms with van der Waals surface area (Å²) in [5.74, 6) is 1.26. The Bertz CT molecular complexity index is 487. The highest BCUT2D eigenvalue weighted by Gasteiger charge is 2.35. The van der Waals surface area contributed by atoms with Crippen LogP contribution in [-0.4, -0.2) is 15.8 Å². The van der Waals surface area contributed by atoms with Gasteiger partial charge in [0.1, 0.15) is 0 Å². The zero-order chi connectivity index (χ0) is 15.8. The minimum absolute atomic E-state index is 0.291. The molecule has 0 aromatic carbocycles. The Hall–Kier alpha value is -0.540. The van der Waals surface area contributed by atoms with Crippen molar-refractivity contribution in [3.63, 3.8) is 0 Å². The van der Waals surface area contributed by atoms with E-state index in [2.05, 4.69) is 32.8 Å². The fourth-order valence-corrected chi connectivity index (χ4v) is 3.97. The van der Waals surface area contributed by atoms with Gasteiger partial charge in [-0.1, -0.05) is 39.3 Å². The van der Waals surface area contributed by atoms with E-state index >= 15 is 0 Å². The summed E-state index contributed by atoms with van der Waals surface area (Å²) in [7, 11) is 2.00. The molecule has 2 N–H and O–H groups in total. The van der Waals surface area contributed by atoms with Crippen LogP contribution in [0.15, 0.2) is 0 Å². The van der Waals surface area contributed by atoms with Crippen molar-refractivity contribution >= 4 is 11.6 Å². The summed E-state index contributed by atoms with van der Waals surface area (Å²) < 4.78 is 1.95. The Morgan fingerprint density at radius 1 is 1.33 bits per heavy atom. The first kappa shape index (κ1) is 16.8. The number of halogens is 1. The predicted molar refractivity (Wildman–Crippen MR) is 89.6 cm³/mol. The van der Waals surface area contributed by atoms with Gasteiger partial charge in [0.05, 0.1) is 16.4 Å². The lowest BCUT2D eigenvalue weighted by atomic mass is 9.67. The molecule has 120 valence electrons. The molecular formula is C17H30ClN3. The van der Waals surface area contributed by atoms with Crippen molar-refractivity contribution < 1.29 is 0 Å². The van der Waals surface area contributed by atoms with Gasteiger partial charge in [-0.2, -0.15) is 5.10 Å². The van der Waals surface area contributed by atoms with Crippen LogP contribution in [0.1, 0.15) is 58.3 Å². The van der Waals surface area contributed by atoms with Gasteiger partial charge in [-0.15, -0.1) is 0 Å². The molecule has 1 heterocycles. The molecule has 0 amide bonds. The second-order valence-electron chi connectivity index (χ2n) is 7.69. The van der Waals surface area contributed by atoms with Gasteiger partial charge in [0.2, 0.25) is 0 Å². The molecular weight excluding hydrogens is 282 g/mol. The maximum Gasteiger partial charge on any atom is 0.0849 e. The second-order valence-corrected chi connectivity index (χ2v) is 8.07. The Balaban J connectivity index is 2.16. The summed E-state index contributed by atoms with van der Waals surface area (Å²) in [4.78, 5) is 0. The predicted octanol–water partition coefficient (Wildman–Crippen LogP) is 3.97. The molecule has 3 unspecified atom stereocenters. The van der Waals surface area contributed by atoms with E-state index in [1.807, 2.05) is 11.7 Å². The van der Waals surface area contributed by atoms with Gasteiger partial charge in [-0.3, -0.25) is 4.68 Å². The highest BCUT2D eigenvalue weighted by Crippen LogP contribution is 2.41. The smallest absolute Gasteiger partial charge is 0.0849 e. The Morgan fingerprint density at radius 2 is 2.00 bits per heavy atom. The van der Waals surface area contributed by atoms with Crippen LogP contribution in [0.2, 0.25) is 5.02 Å². The first-order chi connectivity index (χ1) is 9.74. The molecule has 0 aliphatic heterocycles. The van der Waals surface area contributed by atoms with E-state index in [9.17, 15) is 0 Å². The molecule has 0 saturated heterocycles. The Labute approximate surface area is 134 Å². The van der Waals surface area contributed by atoms with Crippen molar-refractivity contribution in [1.82, 2.24) is 9.78 Å². The SMILES string of the molecule is CCc1nn(C)c(CC2CC(C(C)(C)C)CCC2N)c1Cl. The summed E-state index contributed by atoms with van der Waals surface area (Å²) in [5, 5.41) is 5.38. The monoisotopic (exact) mass is 311 g/mol. The molecule has 3 nitrogen and oxygen atoms in total. The third-order valence-electron chi connectivity index (χ3n) is 5.22. The molecule has 1 aliphatic carbocycles. The molecule has 2 rings (SSSR count). The maximum atomic E-state index is 6.50. The molecule has 4 heteroatoms. The van der Waals surface area contributed by atoms with E-state index in [1.54, 1.807) is 0 Å². The summed E-state index contributed by atoms with van der Waals surface area (Å²) in [6.45, 7) is 9.13. The van der Waals surface area contributed by atoms with Gasteiger partial charge in [0.15, 0.2) is 0 Å². The average molecular weight is 312 g/mol. The van der Waals surface area contributed by atoms with E-state index in [4.69, 9.17) is 17.3 Å². The van der Waals surface area contributed by atoms with Crippen LogP contribution in [0.3, 0.4) is 0 Å². The maximum absolute atomic E-state index is 6.50. The molecule has 1 aromatic heterocycles. The number of aromatic nitrogens is 2. The first-order valence-electron chi connectivity index (χ1n) is 8.19. The number of nitrogens with zero attached hydrogens (tertiary/aromatic N) is 2. The van der Waals surface area contributed by atoms with Crippen LogP contribution in [0, 0.1) is 17.3 Å². The van der Waals surface area contributed by atoms with Gasteiger partial charge >= 0.3 is 0 Å². The number of aryl methyl sites for hydroxylation is 2. The van der Waals surface area contributed by atoms with E-state index < -0.39 is 0 Å². The minimum Gasteiger partial charge on any atom is -0.327 e. The Morgan fingerprint density at radius 3 is 2.52 bits per heavy atom. The largest absolute Gasteiger partial charge is 0.327 e. The summed E-state index contributed by atoms with van der Waals surface area (Å²) in [6.07, 6.45) is 5.42. The first-order valence-corrected chi connectivity index (χ1v) is 8.57. The van der Waals surface area contributed by atoms with Crippen LogP contribution in [-0.2, 0) is 19.9 Å². The van der Waals surface area contributed by atoms with Gasteiger partial charge in [0, 0.05) is 13.1 Å². The van der Waals surface area contributed by atoms with Crippen molar-refractivity contribution in [1.29, 1.82) is 0 Å². The number of hydrogen-bond donors (Lipinski definition) is 1. The highest BCUT2D eigenvalue weighted by molar-refractivity contribution is 6.31. The normalized spacial score (nSPS) is 27.1. The van der Waals surface area contributed by atoms with Crippen molar-refractivity contribution in [2.45, 2.75) is 65.8 Å². The highest BCUT2D eigenvalue weighted by atomic mass is 35.5. The van der Waals surface area contributed by atoms with Crippen molar-refractivity contribution in [3.8, 4) is 0 Å². The third-order valence-corrected chi connectivity index (χ3v) is 5.66. The number of hydrogen-bond acceptors (Lipinski definition) is 2. The van der Waals surface area contributed by atoms with Gasteiger partial charge in [-0.25, -0.2) is 0 Å². The van der Waals surface area contributed by atoms with E-state index in [0.29, 0.717) is 17.4 Å². The minimum atomic E-state index is 0.291. The van der Waals surface area contributed by atoms with E-state index in [-0.39, 0.29) is 0 Å². The van der Waals surface area contributed by atoms with E-state index in [0.717, 1.165) is 41.6 Å². The van der Waals surface area contributed by atoms with Crippen molar-refractivity contribution in [3.05, 3.63) is 16.4 Å². The van der Waals surface area contributed by atoms with Crippen LogP contribution >= 0.6 is 11.6 Å². The summed E-state index contributed by atoms with van der Waals surface area (Å²) in [5.41, 5.74) is 8.92. The molecule has 1 aromatic rings. The van der Waals surface area contributed by atoms with Crippen molar-refractivity contribution in [2.24, 2.45) is 30.0 Å². The molecule has 21 heavy (non-hydrogen) atoms. The molecule has 1 saturated carbocycles. The fourth-order valence-electron chi connectivity index (χ4n) is 3.60. The summed E-state index contributed by atoms with van der Waals surface area (Å²) in [6, 6.07) is 0.291. The van der Waals surface area contributed by atoms with Gasteiger partial charge in [-0.05, 0) is 49.4 Å². The Kier molecular flexibility index (Phi) is 5.04. The topological polar surface area (TPSA) is 43.8 Å². The zero-order valence-corrected chi connectivity index (χ0v) is 14.9. The van der Waals surface area contributed by atoms with Crippen molar-refractivity contribution in [2.75, 3.05) is 0 Å². The number of nitrogens with two attached hydrogens (primary N) is 1. The van der Waals surface area contributed by atoms with Crippen LogP contribution in [0.5, 0.6) is 0 Å². The lowest BCUT2D eigenvalue weighted by Gasteiger charge is -2.40. The van der Waals surface area contributed by atoms with E-state index in [1.165, 1.54) is 12.8 Å². The fraction of sp³-hybridized carbons (Fsp3) is 0.824. The molecule has 0 bridgehead atoms. The third kappa shape index (κ3) is 3.62. The molecule has 0 spiro atoms. The standard InChI is InChI=1S/C17H30ClN3/c1-6-14-16(18)15(21(5)20-14)10-11-9-12(17(2,3)4)7-8-13(11)19/h11-13H,6-10,19H2,1-5H3. The van der Waals surface area contributed by atoms with Gasteiger partial charge < -0.3 is 5.73 Å². The van der Waals surface area contributed by atoms with Gasteiger partial charge in [0.25, 0.3) is 0 Å². The molecule has 0 radical (unpaired) electrons. The van der Waals surface area contributed by atoms with Crippen LogP contribution < -0.4 is 5.73 Å². The number of rotatable bonds is 3. The molecule has 1 fully saturated rings. The lowest BCUT2D eigenvalue weighted by Crippen LogP contribution is -2.40. The van der Waals surface area contributed by atoms with Crippen LogP contribution in [0.4, 0.5) is 0 Å². The summed E-state index contributed by atoms with van der Waals surface area (Å²) >= 11 is 6.50. The van der Waals surface area contributed by atoms with Crippen LogP contribution in [0.25, 0.3) is 0 Å². The lowest BCUT2D eigenvalue weighted by molar-refractivity contribution is 0.126. The molecule has 1 aliphatic rings. The average Bonchev–Trinajstić information content (AvgIpc) is 2.67. The second kappa shape index (κ2) is 6.29. The quantitative estimate of drug-likeness (QED) is 0.918.